The lowest BCUT2D eigenvalue weighted by Crippen LogP contribution is -2.41. The summed E-state index contributed by atoms with van der Waals surface area (Å²) in [7, 11) is 0.0436. The maximum atomic E-state index is 14.6. The van der Waals surface area contributed by atoms with Gasteiger partial charge in [0, 0.05) is 17.2 Å². The number of nitrogens with zero attached hydrogens (tertiary/aromatic N) is 1. The van der Waals surface area contributed by atoms with Crippen LogP contribution in [0, 0.1) is 5.82 Å². The third kappa shape index (κ3) is 5.63. The lowest BCUT2D eigenvalue weighted by atomic mass is 10.0. The first-order valence-corrected chi connectivity index (χ1v) is 13.4. The first-order valence-electron chi connectivity index (χ1n) is 12.0. The molecule has 1 heterocycles. The number of nitrogens with one attached hydrogen (secondary N) is 1. The fraction of sp³-hybridized carbons (Fsp3) is 0.250. The molecule has 1 aliphatic rings. The molecule has 0 aliphatic carbocycles. The van der Waals surface area contributed by atoms with Crippen molar-refractivity contribution in [3.63, 3.8) is 0 Å². The Morgan fingerprint density at radius 1 is 0.923 bits per heavy atom. The molecule has 0 saturated heterocycles. The first-order chi connectivity index (χ1) is 18.7. The Bertz CT molecular complexity index is 1500. The van der Waals surface area contributed by atoms with Gasteiger partial charge >= 0.3 is 0 Å². The van der Waals surface area contributed by atoms with Crippen molar-refractivity contribution in [2.45, 2.75) is 13.5 Å². The summed E-state index contributed by atoms with van der Waals surface area (Å²) < 4.78 is 64.9. The molecule has 11 heteroatoms. The van der Waals surface area contributed by atoms with Crippen LogP contribution in [0.15, 0.2) is 65.6 Å². The fourth-order valence-electron chi connectivity index (χ4n) is 4.26. The van der Waals surface area contributed by atoms with E-state index in [1.54, 1.807) is 50.4 Å². The van der Waals surface area contributed by atoms with Crippen LogP contribution < -0.4 is 28.6 Å². The number of fused-ring (bicyclic) bond motifs is 1. The molecule has 206 valence electrons. The average Bonchev–Trinajstić information content (AvgIpc) is 2.93. The van der Waals surface area contributed by atoms with E-state index in [2.05, 4.69) is 5.32 Å². The van der Waals surface area contributed by atoms with Crippen LogP contribution in [-0.2, 0) is 21.4 Å². The zero-order valence-electron chi connectivity index (χ0n) is 22.0. The smallest absolute Gasteiger partial charge is 0.270 e. The van der Waals surface area contributed by atoms with Gasteiger partial charge in [-0.1, -0.05) is 18.2 Å². The number of allylic oxidation sites excluding steroid dienone is 1. The summed E-state index contributed by atoms with van der Waals surface area (Å²) in [6, 6.07) is 15.9. The Hall–Kier alpha value is -4.25. The summed E-state index contributed by atoms with van der Waals surface area (Å²) in [6.07, 6.45) is 0. The Morgan fingerprint density at radius 2 is 1.56 bits per heavy atom. The van der Waals surface area contributed by atoms with Gasteiger partial charge in [0.1, 0.15) is 23.9 Å². The van der Waals surface area contributed by atoms with E-state index in [0.29, 0.717) is 28.6 Å². The topological polar surface area (TPSA) is 103 Å². The van der Waals surface area contributed by atoms with E-state index in [-0.39, 0.29) is 36.5 Å². The number of amides is 1. The summed E-state index contributed by atoms with van der Waals surface area (Å²) in [5, 5.41) is 2.63. The van der Waals surface area contributed by atoms with Crippen molar-refractivity contribution in [3.05, 3.63) is 82.5 Å². The van der Waals surface area contributed by atoms with E-state index in [1.165, 1.54) is 38.5 Å². The third-order valence-electron chi connectivity index (χ3n) is 6.26. The van der Waals surface area contributed by atoms with Gasteiger partial charge in [0.2, 0.25) is 0 Å². The molecule has 0 bridgehead atoms. The van der Waals surface area contributed by atoms with E-state index in [9.17, 15) is 17.6 Å². The molecule has 0 saturated carbocycles. The van der Waals surface area contributed by atoms with E-state index in [1.807, 2.05) is 0 Å². The molecule has 3 aromatic rings. The molecular formula is C28H29FN2O7S. The van der Waals surface area contributed by atoms with Gasteiger partial charge in [0.05, 0.1) is 40.1 Å². The van der Waals surface area contributed by atoms with Crippen LogP contribution in [0.1, 0.15) is 18.1 Å². The monoisotopic (exact) mass is 556 g/mol. The van der Waals surface area contributed by atoms with E-state index in [4.69, 9.17) is 18.9 Å². The SMILES string of the molecule is COc1ccc(OCCNC(=O)C2=C(C)c3cc(OC)c(OC)cc3N(Cc3ccccc3F)S2(=O)=O)cc1. The maximum absolute atomic E-state index is 14.6. The molecule has 0 fully saturated rings. The predicted octanol–water partition coefficient (Wildman–Crippen LogP) is 4.13. The molecule has 9 nitrogen and oxygen atoms in total. The van der Waals surface area contributed by atoms with Gasteiger partial charge < -0.3 is 24.3 Å². The zero-order valence-corrected chi connectivity index (χ0v) is 22.8. The van der Waals surface area contributed by atoms with Crippen molar-refractivity contribution < 1.29 is 36.6 Å². The Kier molecular flexibility index (Phi) is 8.29. The number of hydrogen-bond donors (Lipinski definition) is 1. The lowest BCUT2D eigenvalue weighted by Gasteiger charge is -2.33. The van der Waals surface area contributed by atoms with Crippen molar-refractivity contribution in [1.29, 1.82) is 0 Å². The highest BCUT2D eigenvalue weighted by molar-refractivity contribution is 7.97. The number of benzene rings is 3. The van der Waals surface area contributed by atoms with Crippen LogP contribution in [0.2, 0.25) is 0 Å². The van der Waals surface area contributed by atoms with Gasteiger partial charge in [-0.05, 0) is 48.9 Å². The largest absolute Gasteiger partial charge is 0.497 e. The number of halogens is 1. The van der Waals surface area contributed by atoms with E-state index < -0.39 is 26.7 Å². The van der Waals surface area contributed by atoms with Crippen molar-refractivity contribution in [3.8, 4) is 23.0 Å². The van der Waals surface area contributed by atoms with Crippen molar-refractivity contribution in [1.82, 2.24) is 5.32 Å². The summed E-state index contributed by atoms with van der Waals surface area (Å²) in [5.41, 5.74) is 1.06. The standard InChI is InChI=1S/C28H29FN2O7S/c1-18-22-15-25(36-3)26(37-4)16-24(22)31(17-19-7-5-6-8-23(19)29)39(33,34)27(18)28(32)30-13-14-38-21-11-9-20(35-2)10-12-21/h5-12,15-16H,13-14,17H2,1-4H3,(H,30,32). The first kappa shape index (κ1) is 27.8. The molecule has 4 rings (SSSR count). The summed E-state index contributed by atoms with van der Waals surface area (Å²) in [5.74, 6) is 0.522. The van der Waals surface area contributed by atoms with Gasteiger partial charge in [-0.3, -0.25) is 9.10 Å². The molecule has 3 aromatic carbocycles. The number of ether oxygens (including phenoxy) is 4. The van der Waals surface area contributed by atoms with Crippen LogP contribution in [0.5, 0.6) is 23.0 Å². The lowest BCUT2D eigenvalue weighted by molar-refractivity contribution is -0.116. The van der Waals surface area contributed by atoms with Crippen LogP contribution in [0.25, 0.3) is 5.57 Å². The van der Waals surface area contributed by atoms with Gasteiger partial charge in [-0.2, -0.15) is 0 Å². The Balaban J connectivity index is 1.65. The highest BCUT2D eigenvalue weighted by Crippen LogP contribution is 2.45. The second kappa shape index (κ2) is 11.6. The minimum absolute atomic E-state index is 0.0449. The van der Waals surface area contributed by atoms with Gasteiger partial charge in [0.25, 0.3) is 15.9 Å². The van der Waals surface area contributed by atoms with Gasteiger partial charge in [-0.25, -0.2) is 12.8 Å². The number of anilines is 1. The summed E-state index contributed by atoms with van der Waals surface area (Å²) in [4.78, 5) is 12.9. The average molecular weight is 557 g/mol. The summed E-state index contributed by atoms with van der Waals surface area (Å²) >= 11 is 0. The van der Waals surface area contributed by atoms with Gasteiger partial charge in [0.15, 0.2) is 16.4 Å². The molecule has 0 unspecified atom stereocenters. The van der Waals surface area contributed by atoms with Crippen molar-refractivity contribution in [2.24, 2.45) is 0 Å². The van der Waals surface area contributed by atoms with Crippen LogP contribution in [0.3, 0.4) is 0 Å². The zero-order chi connectivity index (χ0) is 28.2. The molecule has 0 radical (unpaired) electrons. The maximum Gasteiger partial charge on any atom is 0.270 e. The highest BCUT2D eigenvalue weighted by atomic mass is 32.2. The third-order valence-corrected chi connectivity index (χ3v) is 8.17. The molecule has 39 heavy (non-hydrogen) atoms. The Labute approximate surface area is 226 Å². The summed E-state index contributed by atoms with van der Waals surface area (Å²) in [6.45, 7) is 1.36. The number of carbonyl (C=O) groups is 1. The van der Waals surface area contributed by atoms with Crippen molar-refractivity contribution >= 4 is 27.2 Å². The second-order valence-electron chi connectivity index (χ2n) is 8.56. The molecule has 0 spiro atoms. The predicted molar refractivity (Wildman–Crippen MR) is 145 cm³/mol. The number of methoxy groups -OCH3 is 3. The van der Waals surface area contributed by atoms with Crippen LogP contribution >= 0.6 is 0 Å². The second-order valence-corrected chi connectivity index (χ2v) is 10.4. The number of carbonyl (C=O) groups excluding carboxylic acids is 1. The molecule has 0 atom stereocenters. The molecule has 1 aliphatic heterocycles. The minimum Gasteiger partial charge on any atom is -0.497 e. The fourth-order valence-corrected chi connectivity index (χ4v) is 6.00. The molecule has 0 aromatic heterocycles. The minimum atomic E-state index is -4.40. The number of sulfonamides is 1. The number of hydrogen-bond acceptors (Lipinski definition) is 7. The van der Waals surface area contributed by atoms with Crippen molar-refractivity contribution in [2.75, 3.05) is 38.8 Å². The van der Waals surface area contributed by atoms with Crippen LogP contribution in [-0.4, -0.2) is 48.8 Å². The normalized spacial score (nSPS) is 13.9. The molecule has 1 amide bonds. The molecular weight excluding hydrogens is 527 g/mol. The highest BCUT2D eigenvalue weighted by Gasteiger charge is 2.40. The molecule has 1 N–H and O–H groups in total. The quantitative estimate of drug-likeness (QED) is 0.375. The Morgan fingerprint density at radius 3 is 2.21 bits per heavy atom. The van der Waals surface area contributed by atoms with Gasteiger partial charge in [-0.15, -0.1) is 0 Å². The van der Waals surface area contributed by atoms with E-state index in [0.717, 1.165) is 4.31 Å². The van der Waals surface area contributed by atoms with E-state index >= 15 is 0 Å². The van der Waals surface area contributed by atoms with Crippen LogP contribution in [0.4, 0.5) is 10.1 Å². The number of rotatable bonds is 10.